The van der Waals surface area contributed by atoms with Crippen molar-refractivity contribution in [2.75, 3.05) is 11.1 Å². The Bertz CT molecular complexity index is 1110. The van der Waals surface area contributed by atoms with Crippen molar-refractivity contribution in [2.24, 2.45) is 4.99 Å². The highest BCUT2D eigenvalue weighted by molar-refractivity contribution is 7.91. The van der Waals surface area contributed by atoms with E-state index >= 15 is 0 Å². The van der Waals surface area contributed by atoms with E-state index in [0.717, 1.165) is 0 Å². The number of halogens is 1. The molecule has 1 aromatic heterocycles. The molecule has 0 saturated carbocycles. The first-order valence-electron chi connectivity index (χ1n) is 7.78. The molecule has 2 N–H and O–H groups in total. The summed E-state index contributed by atoms with van der Waals surface area (Å²) in [4.78, 5) is 21.9. The number of pyridine rings is 1. The molecule has 2 aromatic rings. The van der Waals surface area contributed by atoms with Gasteiger partial charge in [0.25, 0.3) is 5.91 Å². The van der Waals surface area contributed by atoms with Crippen molar-refractivity contribution in [1.29, 1.82) is 0 Å². The molecule has 1 amide bonds. The molecule has 132 valence electrons. The van der Waals surface area contributed by atoms with Gasteiger partial charge in [-0.3, -0.25) is 4.79 Å². The molecule has 0 fully saturated rings. The summed E-state index contributed by atoms with van der Waals surface area (Å²) in [7, 11) is -3.53. The summed E-state index contributed by atoms with van der Waals surface area (Å²) in [5.74, 6) is -0.105. The third kappa shape index (κ3) is 2.72. The lowest BCUT2D eigenvalue weighted by Crippen LogP contribution is -3.08. The molecule has 0 bridgehead atoms. The molecule has 1 aromatic carbocycles. The molecule has 2 aliphatic heterocycles. The highest BCUT2D eigenvalue weighted by Gasteiger charge is 2.44. The zero-order valence-electron chi connectivity index (χ0n) is 13.7. The van der Waals surface area contributed by atoms with Crippen molar-refractivity contribution in [1.82, 2.24) is 4.98 Å². The Balaban J connectivity index is 1.77. The molecule has 7 nitrogen and oxygen atoms in total. The monoisotopic (exact) mass is 389 g/mol. The van der Waals surface area contributed by atoms with Gasteiger partial charge < -0.3 is 5.32 Å². The van der Waals surface area contributed by atoms with E-state index in [2.05, 4.69) is 15.3 Å². The van der Waals surface area contributed by atoms with Crippen LogP contribution in [0.25, 0.3) is 0 Å². The van der Waals surface area contributed by atoms with E-state index in [4.69, 9.17) is 11.6 Å². The van der Waals surface area contributed by atoms with Gasteiger partial charge in [-0.2, -0.15) is 4.99 Å². The van der Waals surface area contributed by atoms with Crippen LogP contribution in [0.2, 0.25) is 5.15 Å². The minimum Gasteiger partial charge on any atom is -0.320 e. The third-order valence-electron chi connectivity index (χ3n) is 4.25. The highest BCUT2D eigenvalue weighted by atomic mass is 35.5. The van der Waals surface area contributed by atoms with Crippen molar-refractivity contribution < 1.29 is 18.1 Å². The highest BCUT2D eigenvalue weighted by Crippen LogP contribution is 2.28. The topological polar surface area (TPSA) is 92.9 Å². The second-order valence-electron chi connectivity index (χ2n) is 5.98. The van der Waals surface area contributed by atoms with Crippen LogP contribution in [0.1, 0.15) is 6.92 Å². The number of nitrogens with zero attached hydrogens (tertiary/aromatic N) is 2. The van der Waals surface area contributed by atoms with Crippen LogP contribution in [-0.2, 0) is 14.6 Å². The summed E-state index contributed by atoms with van der Waals surface area (Å²) in [6.45, 7) is 1.77. The summed E-state index contributed by atoms with van der Waals surface area (Å²) in [5.41, 5.74) is 1.59. The van der Waals surface area contributed by atoms with Crippen LogP contribution in [0.4, 0.5) is 11.4 Å². The van der Waals surface area contributed by atoms with Crippen molar-refractivity contribution in [3.63, 3.8) is 0 Å². The quantitative estimate of drug-likeness (QED) is 0.757. The van der Waals surface area contributed by atoms with Crippen LogP contribution in [0.3, 0.4) is 0 Å². The van der Waals surface area contributed by atoms with Gasteiger partial charge in [0, 0.05) is 24.9 Å². The van der Waals surface area contributed by atoms with Crippen LogP contribution < -0.4 is 10.2 Å². The van der Waals surface area contributed by atoms with Gasteiger partial charge in [-0.05, 0) is 18.2 Å². The molecular formula is C17H14ClN4O3S+. The molecule has 3 heterocycles. The molecule has 4 rings (SSSR count). The Hall–Kier alpha value is -2.55. The van der Waals surface area contributed by atoms with Crippen LogP contribution in [0.5, 0.6) is 0 Å². The average Bonchev–Trinajstić information content (AvgIpc) is 2.91. The lowest BCUT2D eigenvalue weighted by molar-refractivity contribution is -0.684. The first kappa shape index (κ1) is 16.9. The number of para-hydroxylation sites is 1. The van der Waals surface area contributed by atoms with Crippen molar-refractivity contribution in [2.45, 2.75) is 11.8 Å². The Labute approximate surface area is 154 Å². The number of carbonyl (C=O) groups is 1. The molecular weight excluding hydrogens is 376 g/mol. The van der Waals surface area contributed by atoms with Gasteiger partial charge in [-0.25, -0.2) is 18.3 Å². The maximum atomic E-state index is 12.7. The molecule has 0 saturated heterocycles. The number of amides is 1. The Morgan fingerprint density at radius 3 is 2.81 bits per heavy atom. The van der Waals surface area contributed by atoms with E-state index in [9.17, 15) is 13.2 Å². The predicted octanol–water partition coefficient (Wildman–Crippen LogP) is 1.32. The number of amidine groups is 1. The van der Waals surface area contributed by atoms with E-state index in [1.807, 2.05) is 0 Å². The van der Waals surface area contributed by atoms with Gasteiger partial charge in [-0.1, -0.05) is 23.7 Å². The van der Waals surface area contributed by atoms with Crippen molar-refractivity contribution in [3.8, 4) is 0 Å². The van der Waals surface area contributed by atoms with Crippen molar-refractivity contribution in [3.05, 3.63) is 59.1 Å². The number of quaternary nitrogens is 1. The number of aliphatic imine (C=N–C) groups is 1. The molecule has 0 aliphatic carbocycles. The molecule has 2 aliphatic rings. The minimum absolute atomic E-state index is 0.114. The number of anilines is 1. The van der Waals surface area contributed by atoms with Gasteiger partial charge in [0.2, 0.25) is 5.84 Å². The first-order chi connectivity index (χ1) is 12.4. The van der Waals surface area contributed by atoms with E-state index in [1.54, 1.807) is 37.3 Å². The van der Waals surface area contributed by atoms with E-state index in [-0.39, 0.29) is 21.5 Å². The molecule has 1 atom stereocenters. The van der Waals surface area contributed by atoms with Crippen LogP contribution in [-0.4, -0.2) is 30.9 Å². The fraction of sp³-hybridized carbons (Fsp3) is 0.118. The van der Waals surface area contributed by atoms with Gasteiger partial charge >= 0.3 is 0 Å². The standard InChI is InChI=1S/C17H13ClN4O3S/c1-10-20-16(17(23)21-11-6-7-19-15(18)8-11)13-9-26(24,25)14-5-3-2-4-12(14)22(10)13/h2-8H,9H2,1H3,(H,19,21,23)/p+1. The van der Waals surface area contributed by atoms with E-state index in [0.29, 0.717) is 27.8 Å². The summed E-state index contributed by atoms with van der Waals surface area (Å²) >= 11 is 5.83. The number of fused-ring (bicyclic) bond motifs is 3. The SMILES string of the molecule is CC1=NC(C(=O)Nc2ccnc(Cl)c2)=C2CS(=O)(=O)c3ccccc3[NH+]12. The number of benzene rings is 1. The molecule has 0 radical (unpaired) electrons. The number of hydrogen-bond donors (Lipinski definition) is 2. The summed E-state index contributed by atoms with van der Waals surface area (Å²) in [5, 5.41) is 2.94. The first-order valence-corrected chi connectivity index (χ1v) is 9.81. The number of nitrogens with one attached hydrogen (secondary N) is 2. The lowest BCUT2D eigenvalue weighted by Gasteiger charge is -2.23. The number of carbonyl (C=O) groups excluding carboxylic acids is 1. The number of sulfone groups is 1. The Morgan fingerprint density at radius 2 is 2.04 bits per heavy atom. The minimum atomic E-state index is -3.53. The summed E-state index contributed by atoms with van der Waals surface area (Å²) < 4.78 is 25.3. The van der Waals surface area contributed by atoms with Gasteiger partial charge in [0.15, 0.2) is 26.9 Å². The average molecular weight is 390 g/mol. The Kier molecular flexibility index (Phi) is 3.91. The second kappa shape index (κ2) is 6.01. The van der Waals surface area contributed by atoms with Crippen LogP contribution in [0, 0.1) is 0 Å². The maximum Gasteiger partial charge on any atom is 0.280 e. The Morgan fingerprint density at radius 1 is 1.27 bits per heavy atom. The largest absolute Gasteiger partial charge is 0.320 e. The summed E-state index contributed by atoms with van der Waals surface area (Å²) in [6, 6.07) is 9.89. The van der Waals surface area contributed by atoms with Crippen LogP contribution >= 0.6 is 11.6 Å². The molecule has 9 heteroatoms. The lowest BCUT2D eigenvalue weighted by atomic mass is 10.2. The zero-order chi connectivity index (χ0) is 18.5. The predicted molar refractivity (Wildman–Crippen MR) is 97.1 cm³/mol. The molecule has 26 heavy (non-hydrogen) atoms. The van der Waals surface area contributed by atoms with E-state index < -0.39 is 15.7 Å². The maximum absolute atomic E-state index is 12.7. The molecule has 1 unspecified atom stereocenters. The fourth-order valence-corrected chi connectivity index (χ4v) is 4.98. The summed E-state index contributed by atoms with van der Waals surface area (Å²) in [6.07, 6.45) is 1.47. The second-order valence-corrected chi connectivity index (χ2v) is 8.32. The molecule has 0 spiro atoms. The normalized spacial score (nSPS) is 20.2. The van der Waals surface area contributed by atoms with Gasteiger partial charge in [0.1, 0.15) is 15.8 Å². The van der Waals surface area contributed by atoms with Crippen LogP contribution in [0.15, 0.2) is 63.9 Å². The van der Waals surface area contributed by atoms with Gasteiger partial charge in [-0.15, -0.1) is 0 Å². The number of aromatic nitrogens is 1. The zero-order valence-corrected chi connectivity index (χ0v) is 15.2. The third-order valence-corrected chi connectivity index (χ3v) is 6.16. The number of hydrogen-bond acceptors (Lipinski definition) is 5. The fourth-order valence-electron chi connectivity index (χ4n) is 3.20. The smallest absolute Gasteiger partial charge is 0.280 e. The van der Waals surface area contributed by atoms with Gasteiger partial charge in [0.05, 0.1) is 0 Å². The van der Waals surface area contributed by atoms with Crippen molar-refractivity contribution >= 4 is 44.6 Å². The van der Waals surface area contributed by atoms with E-state index in [1.165, 1.54) is 12.3 Å². The number of rotatable bonds is 2.